The van der Waals surface area contributed by atoms with Crippen molar-refractivity contribution in [2.24, 2.45) is 0 Å². The number of nitro groups is 1. The molecular formula is C11H12N4O2S. The number of rotatable bonds is 5. The van der Waals surface area contributed by atoms with Gasteiger partial charge in [-0.25, -0.2) is 9.97 Å². The molecule has 0 aliphatic carbocycles. The van der Waals surface area contributed by atoms with Crippen LogP contribution in [-0.2, 0) is 0 Å². The molecule has 18 heavy (non-hydrogen) atoms. The summed E-state index contributed by atoms with van der Waals surface area (Å²) in [4.78, 5) is 18.2. The molecule has 0 radical (unpaired) electrons. The van der Waals surface area contributed by atoms with Crippen LogP contribution in [-0.4, -0.2) is 21.4 Å². The average Bonchev–Trinajstić information content (AvgIpc) is 2.90. The molecule has 1 atom stereocenters. The highest BCUT2D eigenvalue weighted by Gasteiger charge is 2.09. The van der Waals surface area contributed by atoms with Crippen LogP contribution in [0, 0.1) is 10.1 Å². The van der Waals surface area contributed by atoms with Crippen molar-refractivity contribution >= 4 is 22.8 Å². The fourth-order valence-corrected chi connectivity index (χ4v) is 2.12. The summed E-state index contributed by atoms with van der Waals surface area (Å²) >= 11 is 1.61. The van der Waals surface area contributed by atoms with Gasteiger partial charge in [-0.15, -0.1) is 11.3 Å². The zero-order valence-corrected chi connectivity index (χ0v) is 10.6. The number of thiazole rings is 1. The third-order valence-corrected chi connectivity index (χ3v) is 3.43. The van der Waals surface area contributed by atoms with Crippen LogP contribution in [0.1, 0.15) is 17.8 Å². The van der Waals surface area contributed by atoms with Crippen molar-refractivity contribution in [2.45, 2.75) is 12.8 Å². The summed E-state index contributed by atoms with van der Waals surface area (Å²) in [5.41, 5.74) is -0.00600. The highest BCUT2D eigenvalue weighted by atomic mass is 32.1. The molecule has 7 heteroatoms. The maximum absolute atomic E-state index is 10.5. The number of hydrogen-bond acceptors (Lipinski definition) is 6. The molecule has 0 aromatic carbocycles. The van der Waals surface area contributed by atoms with Gasteiger partial charge in [0.2, 0.25) is 0 Å². The molecule has 0 saturated carbocycles. The van der Waals surface area contributed by atoms with Crippen LogP contribution in [0.2, 0.25) is 0 Å². The molecule has 0 bridgehead atoms. The van der Waals surface area contributed by atoms with Gasteiger partial charge >= 0.3 is 0 Å². The summed E-state index contributed by atoms with van der Waals surface area (Å²) in [5, 5.41) is 16.6. The van der Waals surface area contributed by atoms with E-state index in [1.54, 1.807) is 23.6 Å². The van der Waals surface area contributed by atoms with Crippen LogP contribution in [0.3, 0.4) is 0 Å². The molecule has 6 nitrogen and oxygen atoms in total. The van der Waals surface area contributed by atoms with E-state index in [2.05, 4.69) is 22.2 Å². The van der Waals surface area contributed by atoms with E-state index in [1.807, 2.05) is 5.38 Å². The Morgan fingerprint density at radius 2 is 2.33 bits per heavy atom. The number of nitrogens with zero attached hydrogens (tertiary/aromatic N) is 3. The first-order chi connectivity index (χ1) is 8.66. The Labute approximate surface area is 108 Å². The number of pyridine rings is 1. The van der Waals surface area contributed by atoms with Gasteiger partial charge in [-0.1, -0.05) is 6.92 Å². The lowest BCUT2D eigenvalue weighted by atomic mass is 10.2. The Morgan fingerprint density at radius 3 is 2.89 bits per heavy atom. The van der Waals surface area contributed by atoms with Crippen LogP contribution in [0.25, 0.3) is 0 Å². The van der Waals surface area contributed by atoms with Gasteiger partial charge in [-0.05, 0) is 6.07 Å². The van der Waals surface area contributed by atoms with Crippen molar-refractivity contribution in [3.8, 4) is 0 Å². The van der Waals surface area contributed by atoms with Crippen LogP contribution in [0.4, 0.5) is 11.5 Å². The predicted molar refractivity (Wildman–Crippen MR) is 69.9 cm³/mol. The van der Waals surface area contributed by atoms with Gasteiger partial charge in [0.15, 0.2) is 0 Å². The smallest absolute Gasteiger partial charge is 0.287 e. The standard InChI is InChI=1S/C11H12N4O2S/c1-8(11-12-4-5-18-11)6-13-10-3-2-9(7-14-10)15(16)17/h2-5,7-8H,6H2,1H3,(H,13,14). The first-order valence-electron chi connectivity index (χ1n) is 5.40. The van der Waals surface area contributed by atoms with Gasteiger partial charge in [0.25, 0.3) is 5.69 Å². The van der Waals surface area contributed by atoms with Gasteiger partial charge in [0, 0.05) is 30.1 Å². The molecule has 2 aromatic rings. The van der Waals surface area contributed by atoms with Crippen molar-refractivity contribution in [1.82, 2.24) is 9.97 Å². The Morgan fingerprint density at radius 1 is 1.50 bits per heavy atom. The normalized spacial score (nSPS) is 12.1. The molecular weight excluding hydrogens is 252 g/mol. The fourth-order valence-electron chi connectivity index (χ4n) is 1.42. The zero-order chi connectivity index (χ0) is 13.0. The second-order valence-corrected chi connectivity index (χ2v) is 4.74. The molecule has 0 amide bonds. The van der Waals surface area contributed by atoms with Gasteiger partial charge in [0.1, 0.15) is 12.0 Å². The molecule has 94 valence electrons. The van der Waals surface area contributed by atoms with Gasteiger partial charge < -0.3 is 5.32 Å². The van der Waals surface area contributed by atoms with Crippen LogP contribution in [0.15, 0.2) is 29.9 Å². The fraction of sp³-hybridized carbons (Fsp3) is 0.273. The van der Waals surface area contributed by atoms with Gasteiger partial charge in [-0.3, -0.25) is 10.1 Å². The third kappa shape index (κ3) is 3.01. The minimum Gasteiger partial charge on any atom is -0.369 e. The maximum atomic E-state index is 10.5. The Bertz CT molecular complexity index is 512. The summed E-state index contributed by atoms with van der Waals surface area (Å²) in [7, 11) is 0. The number of hydrogen-bond donors (Lipinski definition) is 1. The van der Waals surface area contributed by atoms with Crippen molar-refractivity contribution in [1.29, 1.82) is 0 Å². The molecule has 0 saturated heterocycles. The summed E-state index contributed by atoms with van der Waals surface area (Å²) in [6.45, 7) is 2.76. The van der Waals surface area contributed by atoms with E-state index in [0.717, 1.165) is 5.01 Å². The lowest BCUT2D eigenvalue weighted by Crippen LogP contribution is -2.10. The van der Waals surface area contributed by atoms with Crippen molar-refractivity contribution in [3.63, 3.8) is 0 Å². The van der Waals surface area contributed by atoms with E-state index in [9.17, 15) is 10.1 Å². The summed E-state index contributed by atoms with van der Waals surface area (Å²) < 4.78 is 0. The minimum atomic E-state index is -0.463. The zero-order valence-electron chi connectivity index (χ0n) is 9.74. The van der Waals surface area contributed by atoms with E-state index >= 15 is 0 Å². The molecule has 2 heterocycles. The van der Waals surface area contributed by atoms with E-state index in [4.69, 9.17) is 0 Å². The van der Waals surface area contributed by atoms with E-state index in [1.165, 1.54) is 12.3 Å². The van der Waals surface area contributed by atoms with Crippen LogP contribution < -0.4 is 5.32 Å². The molecule has 0 spiro atoms. The number of anilines is 1. The largest absolute Gasteiger partial charge is 0.369 e. The van der Waals surface area contributed by atoms with E-state index in [-0.39, 0.29) is 11.6 Å². The van der Waals surface area contributed by atoms with Crippen LogP contribution in [0.5, 0.6) is 0 Å². The quantitative estimate of drug-likeness (QED) is 0.663. The molecule has 1 N–H and O–H groups in total. The lowest BCUT2D eigenvalue weighted by molar-refractivity contribution is -0.385. The predicted octanol–water partition coefficient (Wildman–Crippen LogP) is 2.66. The van der Waals surface area contributed by atoms with Crippen molar-refractivity contribution < 1.29 is 4.92 Å². The highest BCUT2D eigenvalue weighted by Crippen LogP contribution is 2.18. The first kappa shape index (κ1) is 12.4. The molecule has 0 fully saturated rings. The second-order valence-electron chi connectivity index (χ2n) is 3.81. The second kappa shape index (κ2) is 5.54. The van der Waals surface area contributed by atoms with E-state index < -0.39 is 4.92 Å². The van der Waals surface area contributed by atoms with Crippen molar-refractivity contribution in [3.05, 3.63) is 45.0 Å². The SMILES string of the molecule is CC(CNc1ccc([N+](=O)[O-])cn1)c1nccs1. The molecule has 2 rings (SSSR count). The average molecular weight is 264 g/mol. The molecule has 0 aliphatic heterocycles. The summed E-state index contributed by atoms with van der Waals surface area (Å²) in [6.07, 6.45) is 3.02. The lowest BCUT2D eigenvalue weighted by Gasteiger charge is -2.10. The van der Waals surface area contributed by atoms with Gasteiger partial charge in [0.05, 0.1) is 9.93 Å². The van der Waals surface area contributed by atoms with Crippen LogP contribution >= 0.6 is 11.3 Å². The van der Waals surface area contributed by atoms with Crippen molar-refractivity contribution in [2.75, 3.05) is 11.9 Å². The summed E-state index contributed by atoms with van der Waals surface area (Å²) in [6, 6.07) is 3.04. The summed E-state index contributed by atoms with van der Waals surface area (Å²) in [5.74, 6) is 0.908. The molecule has 1 unspecified atom stereocenters. The Kier molecular flexibility index (Phi) is 3.83. The van der Waals surface area contributed by atoms with E-state index in [0.29, 0.717) is 12.4 Å². The molecule has 2 aromatic heterocycles. The Balaban J connectivity index is 1.92. The molecule has 0 aliphatic rings. The first-order valence-corrected chi connectivity index (χ1v) is 6.28. The third-order valence-electron chi connectivity index (χ3n) is 2.42. The number of nitrogens with one attached hydrogen (secondary N) is 1. The van der Waals surface area contributed by atoms with Gasteiger partial charge in [-0.2, -0.15) is 0 Å². The minimum absolute atomic E-state index is 0.00600. The highest BCUT2D eigenvalue weighted by molar-refractivity contribution is 7.09. The number of aromatic nitrogens is 2. The maximum Gasteiger partial charge on any atom is 0.287 e. The monoisotopic (exact) mass is 264 g/mol. The Hall–Kier alpha value is -2.02. The topological polar surface area (TPSA) is 81.0 Å².